The summed E-state index contributed by atoms with van der Waals surface area (Å²) >= 11 is 0. The van der Waals surface area contributed by atoms with E-state index in [0.717, 1.165) is 48.4 Å². The standard InChI is InChI=1S/C24H31NO4/c1-5-29-24(26)22-21(16-9-7-6-8-10-16)15(2)25-12-11-17-13-19(27-3)20(28-4)14-18(17)23(22)25/h13-14,16H,5-12H2,1-4H3. The summed E-state index contributed by atoms with van der Waals surface area (Å²) in [5.41, 5.74) is 6.43. The van der Waals surface area contributed by atoms with Crippen molar-refractivity contribution in [2.45, 2.75) is 64.8 Å². The van der Waals surface area contributed by atoms with Crippen molar-refractivity contribution >= 4 is 5.97 Å². The number of benzene rings is 1. The maximum atomic E-state index is 13.2. The summed E-state index contributed by atoms with van der Waals surface area (Å²) in [7, 11) is 3.31. The van der Waals surface area contributed by atoms with Gasteiger partial charge in [0.2, 0.25) is 0 Å². The Hall–Kier alpha value is -2.43. The van der Waals surface area contributed by atoms with Gasteiger partial charge in [-0.3, -0.25) is 0 Å². The highest BCUT2D eigenvalue weighted by molar-refractivity contribution is 6.00. The lowest BCUT2D eigenvalue weighted by Crippen LogP contribution is -2.15. The zero-order valence-corrected chi connectivity index (χ0v) is 18.0. The molecule has 0 amide bonds. The molecule has 0 N–H and O–H groups in total. The number of carbonyl (C=O) groups is 1. The van der Waals surface area contributed by atoms with Gasteiger partial charge in [-0.05, 0) is 62.3 Å². The molecule has 1 aliphatic carbocycles. The second kappa shape index (κ2) is 8.13. The summed E-state index contributed by atoms with van der Waals surface area (Å²) in [6.07, 6.45) is 6.95. The molecule has 1 aliphatic heterocycles. The second-order valence-electron chi connectivity index (χ2n) is 8.04. The average Bonchev–Trinajstić information content (AvgIpc) is 3.06. The topological polar surface area (TPSA) is 49.7 Å². The van der Waals surface area contributed by atoms with E-state index in [1.54, 1.807) is 14.2 Å². The highest BCUT2D eigenvalue weighted by atomic mass is 16.5. The number of ether oxygens (including phenoxy) is 3. The van der Waals surface area contributed by atoms with Crippen LogP contribution in [0.3, 0.4) is 0 Å². The van der Waals surface area contributed by atoms with Crippen molar-refractivity contribution in [1.82, 2.24) is 4.57 Å². The molecule has 0 bridgehead atoms. The number of carbonyl (C=O) groups excluding carboxylic acids is 1. The fraction of sp³-hybridized carbons (Fsp3) is 0.542. The fourth-order valence-corrected chi connectivity index (χ4v) is 5.20. The second-order valence-corrected chi connectivity index (χ2v) is 8.04. The van der Waals surface area contributed by atoms with Crippen molar-refractivity contribution in [2.24, 2.45) is 0 Å². The Morgan fingerprint density at radius 1 is 1.10 bits per heavy atom. The third-order valence-electron chi connectivity index (χ3n) is 6.53. The van der Waals surface area contributed by atoms with Gasteiger partial charge in [-0.1, -0.05) is 19.3 Å². The predicted molar refractivity (Wildman–Crippen MR) is 113 cm³/mol. The molecule has 2 aromatic rings. The van der Waals surface area contributed by atoms with E-state index < -0.39 is 0 Å². The molecule has 1 aromatic carbocycles. The molecule has 156 valence electrons. The van der Waals surface area contributed by atoms with E-state index in [-0.39, 0.29) is 5.97 Å². The number of methoxy groups -OCH3 is 2. The number of nitrogens with zero attached hydrogens (tertiary/aromatic N) is 1. The van der Waals surface area contributed by atoms with Crippen molar-refractivity contribution in [2.75, 3.05) is 20.8 Å². The lowest BCUT2D eigenvalue weighted by molar-refractivity contribution is 0.0525. The van der Waals surface area contributed by atoms with Gasteiger partial charge in [0.15, 0.2) is 11.5 Å². The molecular formula is C24H31NO4. The Morgan fingerprint density at radius 2 is 1.79 bits per heavy atom. The molecule has 0 unspecified atom stereocenters. The van der Waals surface area contributed by atoms with E-state index in [1.807, 2.05) is 13.0 Å². The van der Waals surface area contributed by atoms with Crippen LogP contribution in [0.15, 0.2) is 12.1 Å². The highest BCUT2D eigenvalue weighted by Crippen LogP contribution is 2.46. The maximum Gasteiger partial charge on any atom is 0.340 e. The molecule has 1 saturated carbocycles. The molecule has 0 saturated heterocycles. The van der Waals surface area contributed by atoms with Gasteiger partial charge in [-0.2, -0.15) is 0 Å². The van der Waals surface area contributed by atoms with Gasteiger partial charge in [0.1, 0.15) is 0 Å². The van der Waals surface area contributed by atoms with Gasteiger partial charge >= 0.3 is 5.97 Å². The van der Waals surface area contributed by atoms with Crippen molar-refractivity contribution in [1.29, 1.82) is 0 Å². The number of aryl methyl sites for hydroxylation is 1. The summed E-state index contributed by atoms with van der Waals surface area (Å²) in [6, 6.07) is 4.07. The van der Waals surface area contributed by atoms with Crippen LogP contribution in [0.25, 0.3) is 11.3 Å². The minimum atomic E-state index is -0.201. The summed E-state index contributed by atoms with van der Waals surface area (Å²) in [4.78, 5) is 13.2. The number of esters is 1. The van der Waals surface area contributed by atoms with Crippen molar-refractivity contribution in [3.8, 4) is 22.8 Å². The van der Waals surface area contributed by atoms with Gasteiger partial charge in [0, 0.05) is 17.8 Å². The summed E-state index contributed by atoms with van der Waals surface area (Å²) in [6.45, 7) is 5.28. The van der Waals surface area contributed by atoms with Crippen LogP contribution < -0.4 is 9.47 Å². The molecule has 5 nitrogen and oxygen atoms in total. The zero-order chi connectivity index (χ0) is 20.5. The van der Waals surface area contributed by atoms with Gasteiger partial charge in [0.05, 0.1) is 32.1 Å². The molecule has 0 spiro atoms. The smallest absolute Gasteiger partial charge is 0.340 e. The molecular weight excluding hydrogens is 366 g/mol. The van der Waals surface area contributed by atoms with Crippen molar-refractivity contribution in [3.63, 3.8) is 0 Å². The van der Waals surface area contributed by atoms with E-state index >= 15 is 0 Å². The number of rotatable bonds is 5. The van der Waals surface area contributed by atoms with Crippen LogP contribution in [0.5, 0.6) is 11.5 Å². The first-order valence-corrected chi connectivity index (χ1v) is 10.8. The molecule has 2 aliphatic rings. The van der Waals surface area contributed by atoms with Gasteiger partial charge in [-0.25, -0.2) is 4.79 Å². The first kappa shape index (κ1) is 19.9. The molecule has 1 fully saturated rings. The molecule has 2 heterocycles. The first-order valence-electron chi connectivity index (χ1n) is 10.8. The zero-order valence-electron chi connectivity index (χ0n) is 18.0. The predicted octanol–water partition coefficient (Wildman–Crippen LogP) is 5.26. The minimum absolute atomic E-state index is 0.201. The Kier molecular flexibility index (Phi) is 5.57. The largest absolute Gasteiger partial charge is 0.493 e. The van der Waals surface area contributed by atoms with Crippen LogP contribution in [-0.4, -0.2) is 31.4 Å². The molecule has 1 aromatic heterocycles. The first-order chi connectivity index (χ1) is 14.1. The van der Waals surface area contributed by atoms with Gasteiger partial charge < -0.3 is 18.8 Å². The molecule has 5 heteroatoms. The SMILES string of the molecule is CCOC(=O)c1c(C2CCCCC2)c(C)n2c1-c1cc(OC)c(OC)cc1CC2. The van der Waals surface area contributed by atoms with E-state index in [9.17, 15) is 4.79 Å². The van der Waals surface area contributed by atoms with Crippen molar-refractivity contribution < 1.29 is 19.0 Å². The Labute approximate surface area is 173 Å². The van der Waals surface area contributed by atoms with Crippen LogP contribution in [0.2, 0.25) is 0 Å². The normalized spacial score (nSPS) is 16.1. The molecule has 0 radical (unpaired) electrons. The van der Waals surface area contributed by atoms with Crippen LogP contribution in [-0.2, 0) is 17.7 Å². The van der Waals surface area contributed by atoms with E-state index in [2.05, 4.69) is 17.6 Å². The highest BCUT2D eigenvalue weighted by Gasteiger charge is 2.34. The Morgan fingerprint density at radius 3 is 2.45 bits per heavy atom. The summed E-state index contributed by atoms with van der Waals surface area (Å²) < 4.78 is 18.9. The fourth-order valence-electron chi connectivity index (χ4n) is 5.20. The van der Waals surface area contributed by atoms with Crippen LogP contribution in [0.4, 0.5) is 0 Å². The number of hydrogen-bond acceptors (Lipinski definition) is 4. The quantitative estimate of drug-likeness (QED) is 0.646. The minimum Gasteiger partial charge on any atom is -0.493 e. The molecule has 4 rings (SSSR count). The number of aromatic nitrogens is 1. The molecule has 0 atom stereocenters. The third kappa shape index (κ3) is 3.30. The summed E-state index contributed by atoms with van der Waals surface area (Å²) in [5.74, 6) is 1.65. The van der Waals surface area contributed by atoms with Crippen LogP contribution >= 0.6 is 0 Å². The number of fused-ring (bicyclic) bond motifs is 3. The summed E-state index contributed by atoms with van der Waals surface area (Å²) in [5, 5.41) is 0. The maximum absolute atomic E-state index is 13.2. The van der Waals surface area contributed by atoms with Crippen molar-refractivity contribution in [3.05, 3.63) is 34.5 Å². The van der Waals surface area contributed by atoms with Crippen LogP contribution in [0.1, 0.15) is 72.1 Å². The van der Waals surface area contributed by atoms with E-state index in [0.29, 0.717) is 18.3 Å². The average molecular weight is 398 g/mol. The Bertz CT molecular complexity index is 922. The van der Waals surface area contributed by atoms with Crippen LogP contribution in [0, 0.1) is 6.92 Å². The van der Waals surface area contributed by atoms with E-state index in [4.69, 9.17) is 14.2 Å². The Balaban J connectivity index is 1.95. The van der Waals surface area contributed by atoms with Gasteiger partial charge in [-0.15, -0.1) is 0 Å². The monoisotopic (exact) mass is 397 g/mol. The van der Waals surface area contributed by atoms with Gasteiger partial charge in [0.25, 0.3) is 0 Å². The number of hydrogen-bond donors (Lipinski definition) is 0. The third-order valence-corrected chi connectivity index (χ3v) is 6.53. The molecule has 29 heavy (non-hydrogen) atoms. The lowest BCUT2D eigenvalue weighted by Gasteiger charge is -2.23. The lowest BCUT2D eigenvalue weighted by atomic mass is 9.81. The van der Waals surface area contributed by atoms with E-state index in [1.165, 1.54) is 36.1 Å².